The summed E-state index contributed by atoms with van der Waals surface area (Å²) in [6, 6.07) is 0. The number of rotatable bonds is 2. The molecule has 0 spiro atoms. The fourth-order valence-electron chi connectivity index (χ4n) is 0.655. The van der Waals surface area contributed by atoms with Crippen molar-refractivity contribution < 1.29 is 51.3 Å². The molecule has 0 bridgehead atoms. The second kappa shape index (κ2) is 9.91. The van der Waals surface area contributed by atoms with Gasteiger partial charge in [-0.25, -0.2) is 0 Å². The van der Waals surface area contributed by atoms with Crippen molar-refractivity contribution in [2.75, 3.05) is 0 Å². The Balaban J connectivity index is -0.000000270. The molecule has 0 fully saturated rings. The maximum absolute atomic E-state index is 3.92. The van der Waals surface area contributed by atoms with Crippen LogP contribution in [0.1, 0.15) is 19.5 Å². The molecule has 12 heavy (non-hydrogen) atoms. The van der Waals surface area contributed by atoms with Crippen LogP contribution in [-0.2, 0) is 64.2 Å². The maximum Gasteiger partial charge on any atom is 0.0824 e. The molecule has 66 valence electrons. The summed E-state index contributed by atoms with van der Waals surface area (Å²) < 4.78 is 1.83. The van der Waals surface area contributed by atoms with E-state index in [0.717, 1.165) is 18.7 Å². The smallest absolute Gasteiger partial charge is 0.0824 e. The van der Waals surface area contributed by atoms with Gasteiger partial charge in [0.15, 0.2) is 0 Å². The number of nitrogens with zero attached hydrogens (tertiary/aromatic N) is 3. The molecule has 0 amide bonds. The molecule has 0 aromatic carbocycles. The Labute approximate surface area is 111 Å². The van der Waals surface area contributed by atoms with Crippen molar-refractivity contribution >= 4 is 0 Å². The van der Waals surface area contributed by atoms with E-state index >= 15 is 0 Å². The molecule has 0 aliphatic rings. The number of aromatic nitrogens is 3. The van der Waals surface area contributed by atoms with Crippen LogP contribution >= 0.6 is 0 Å². The average Bonchev–Trinajstić information content (AvgIpc) is 2.34. The van der Waals surface area contributed by atoms with Crippen molar-refractivity contribution in [3.05, 3.63) is 19.3 Å². The van der Waals surface area contributed by atoms with Gasteiger partial charge in [-0.05, 0) is 13.3 Å². The van der Waals surface area contributed by atoms with Gasteiger partial charge in [0.1, 0.15) is 0 Å². The first kappa shape index (κ1) is 18.6. The quantitative estimate of drug-likeness (QED) is 0.765. The van der Waals surface area contributed by atoms with Gasteiger partial charge in [0.25, 0.3) is 0 Å². The van der Waals surface area contributed by atoms with Gasteiger partial charge in [0, 0.05) is 64.0 Å². The van der Waals surface area contributed by atoms with Crippen molar-refractivity contribution in [2.24, 2.45) is 0 Å². The van der Waals surface area contributed by atoms with E-state index in [9.17, 15) is 0 Å². The van der Waals surface area contributed by atoms with E-state index < -0.39 is 0 Å². The molecule has 0 saturated heterocycles. The molecule has 1 heterocycles. The first-order chi connectivity index (χ1) is 4.36. The predicted molar refractivity (Wildman–Crippen MR) is 41.5 cm³/mol. The van der Waals surface area contributed by atoms with Crippen molar-refractivity contribution in [1.29, 1.82) is 0 Å². The van der Waals surface area contributed by atoms with Gasteiger partial charge in [-0.1, -0.05) is 12.1 Å². The first-order valence-electron chi connectivity index (χ1n) is 3.25. The molecule has 5 heteroatoms. The summed E-state index contributed by atoms with van der Waals surface area (Å²) in [5.41, 5.74) is 1.07. The van der Waals surface area contributed by atoms with Crippen LogP contribution in [0.25, 0.3) is 0 Å². The summed E-state index contributed by atoms with van der Waals surface area (Å²) in [6.45, 7) is 5.03. The fraction of sp³-hybridized carbons (Fsp3) is 0.571. The van der Waals surface area contributed by atoms with Crippen LogP contribution in [0.5, 0.6) is 0 Å². The van der Waals surface area contributed by atoms with E-state index in [2.05, 4.69) is 17.2 Å². The van der Waals surface area contributed by atoms with E-state index in [4.69, 9.17) is 0 Å². The molecule has 1 aromatic rings. The zero-order valence-electron chi connectivity index (χ0n) is 7.86. The minimum atomic E-state index is 0. The number of hydrogen-bond donors (Lipinski definition) is 0. The summed E-state index contributed by atoms with van der Waals surface area (Å²) in [6.07, 6.45) is 2.94. The molecule has 0 atom stereocenters. The van der Waals surface area contributed by atoms with Crippen LogP contribution in [0.15, 0.2) is 6.20 Å². The Hall–Kier alpha value is 0.828. The third-order valence-electron chi connectivity index (χ3n) is 1.27. The van der Waals surface area contributed by atoms with Crippen LogP contribution < -0.4 is 0 Å². The third-order valence-corrected chi connectivity index (χ3v) is 1.27. The molecular formula is C7H14N3VY-. The van der Waals surface area contributed by atoms with Gasteiger partial charge in [0.05, 0.1) is 5.69 Å². The van der Waals surface area contributed by atoms with Crippen LogP contribution in [0.2, 0.25) is 0 Å². The topological polar surface area (TPSA) is 30.7 Å². The summed E-state index contributed by atoms with van der Waals surface area (Å²) >= 11 is 0. The molecule has 2 radical (unpaired) electrons. The molecule has 0 unspecified atom stereocenters. The van der Waals surface area contributed by atoms with Crippen LogP contribution in [0.3, 0.4) is 0 Å². The van der Waals surface area contributed by atoms with E-state index in [0.29, 0.717) is 0 Å². The van der Waals surface area contributed by atoms with Gasteiger partial charge in [-0.15, -0.1) is 5.10 Å². The van der Waals surface area contributed by atoms with Gasteiger partial charge in [-0.2, -0.15) is 0 Å². The molecule has 1 aromatic heterocycles. The Morgan fingerprint density at radius 1 is 1.42 bits per heavy atom. The summed E-state index contributed by atoms with van der Waals surface area (Å²) in [4.78, 5) is 0. The van der Waals surface area contributed by atoms with Crippen molar-refractivity contribution in [3.8, 4) is 0 Å². The Morgan fingerprint density at radius 2 is 2.00 bits per heavy atom. The SMILES string of the molecule is CCc1cn(CC)nn1.[CH3-].[V].[Y]. The summed E-state index contributed by atoms with van der Waals surface area (Å²) in [5, 5.41) is 7.79. The average molecular weight is 280 g/mol. The van der Waals surface area contributed by atoms with Crippen molar-refractivity contribution in [2.45, 2.75) is 26.8 Å². The molecule has 0 aliphatic heterocycles. The standard InChI is InChI=1S/C6H11N3.CH3.V.Y/c1-3-6-5-9(4-2)8-7-6;;;/h5H,3-4H2,1-2H3;1H3;;/q;-1;;. The van der Waals surface area contributed by atoms with E-state index in [-0.39, 0.29) is 58.7 Å². The third kappa shape index (κ3) is 5.47. The van der Waals surface area contributed by atoms with E-state index in [1.807, 2.05) is 17.8 Å². The molecule has 1 rings (SSSR count). The first-order valence-corrected chi connectivity index (χ1v) is 3.25. The van der Waals surface area contributed by atoms with Crippen molar-refractivity contribution in [1.82, 2.24) is 15.0 Å². The van der Waals surface area contributed by atoms with E-state index in [1.165, 1.54) is 0 Å². The zero-order valence-corrected chi connectivity index (χ0v) is 12.1. The van der Waals surface area contributed by atoms with Gasteiger partial charge in [0.2, 0.25) is 0 Å². The minimum absolute atomic E-state index is 0. The maximum atomic E-state index is 3.92. The Bertz CT molecular complexity index is 172. The molecular weight excluding hydrogens is 266 g/mol. The monoisotopic (exact) mass is 280 g/mol. The van der Waals surface area contributed by atoms with Gasteiger partial charge < -0.3 is 7.43 Å². The minimum Gasteiger partial charge on any atom is -0.358 e. The normalized spacial score (nSPS) is 7.50. The zero-order chi connectivity index (χ0) is 6.69. The van der Waals surface area contributed by atoms with Gasteiger partial charge in [-0.3, -0.25) is 4.68 Å². The van der Waals surface area contributed by atoms with Crippen LogP contribution in [0, 0.1) is 7.43 Å². The largest absolute Gasteiger partial charge is 0.358 e. The fourth-order valence-corrected chi connectivity index (χ4v) is 0.655. The number of hydrogen-bond acceptors (Lipinski definition) is 2. The second-order valence-electron chi connectivity index (χ2n) is 1.92. The Kier molecular flexibility index (Phi) is 15.3. The Morgan fingerprint density at radius 3 is 2.25 bits per heavy atom. The molecule has 3 nitrogen and oxygen atoms in total. The number of aryl methyl sites for hydroxylation is 2. The van der Waals surface area contributed by atoms with Crippen molar-refractivity contribution in [3.63, 3.8) is 0 Å². The van der Waals surface area contributed by atoms with E-state index in [1.54, 1.807) is 0 Å². The molecule has 0 saturated carbocycles. The second-order valence-corrected chi connectivity index (χ2v) is 1.92. The predicted octanol–water partition coefficient (Wildman–Crippen LogP) is 1.31. The van der Waals surface area contributed by atoms with Crippen LogP contribution in [0.4, 0.5) is 0 Å². The van der Waals surface area contributed by atoms with Gasteiger partial charge >= 0.3 is 0 Å². The summed E-state index contributed by atoms with van der Waals surface area (Å²) in [5.74, 6) is 0. The molecule has 0 aliphatic carbocycles. The summed E-state index contributed by atoms with van der Waals surface area (Å²) in [7, 11) is 0. The molecule has 0 N–H and O–H groups in total. The van der Waals surface area contributed by atoms with Crippen LogP contribution in [-0.4, -0.2) is 15.0 Å².